The minimum atomic E-state index is 0.688. The van der Waals surface area contributed by atoms with Crippen molar-refractivity contribution >= 4 is 16.9 Å². The van der Waals surface area contributed by atoms with Crippen molar-refractivity contribution in [2.45, 2.75) is 0 Å². The van der Waals surface area contributed by atoms with E-state index in [0.717, 1.165) is 29.7 Å². The van der Waals surface area contributed by atoms with E-state index in [2.05, 4.69) is 20.8 Å². The van der Waals surface area contributed by atoms with Crippen LogP contribution in [-0.2, 0) is 0 Å². The molecule has 2 aromatic rings. The average molecular weight is 216 g/mol. The zero-order valence-corrected chi connectivity index (χ0v) is 8.66. The van der Waals surface area contributed by atoms with Gasteiger partial charge in [0.15, 0.2) is 5.75 Å². The Morgan fingerprint density at radius 3 is 3.19 bits per heavy atom. The SMILES string of the molecule is c1cc(ONC2=NCCN2)c2cc[nH]c2c1. The first-order valence-electron chi connectivity index (χ1n) is 5.21. The van der Waals surface area contributed by atoms with Crippen LogP contribution in [0.15, 0.2) is 35.5 Å². The van der Waals surface area contributed by atoms with Crippen molar-refractivity contribution in [3.05, 3.63) is 30.5 Å². The summed E-state index contributed by atoms with van der Waals surface area (Å²) < 4.78 is 0. The number of hydrogen-bond donors (Lipinski definition) is 3. The highest BCUT2D eigenvalue weighted by atomic mass is 16.6. The number of hydrogen-bond acceptors (Lipinski definition) is 4. The second kappa shape index (κ2) is 3.77. The van der Waals surface area contributed by atoms with E-state index in [1.807, 2.05) is 30.5 Å². The predicted octanol–water partition coefficient (Wildman–Crippen LogP) is 1.01. The molecule has 0 saturated heterocycles. The van der Waals surface area contributed by atoms with Crippen molar-refractivity contribution in [1.29, 1.82) is 0 Å². The lowest BCUT2D eigenvalue weighted by Gasteiger charge is -2.08. The standard InChI is InChI=1S/C11H12N4O/c1-2-9-8(4-5-12-9)10(3-1)16-15-11-13-6-7-14-11/h1-5,12H,6-7H2,(H2,13,14,15). The summed E-state index contributed by atoms with van der Waals surface area (Å²) in [7, 11) is 0. The van der Waals surface area contributed by atoms with Crippen molar-refractivity contribution in [3.63, 3.8) is 0 Å². The van der Waals surface area contributed by atoms with Gasteiger partial charge in [0.2, 0.25) is 5.96 Å². The monoisotopic (exact) mass is 216 g/mol. The number of aliphatic imine (C=N–C) groups is 1. The van der Waals surface area contributed by atoms with E-state index in [0.29, 0.717) is 5.96 Å². The molecule has 0 bridgehead atoms. The van der Waals surface area contributed by atoms with Gasteiger partial charge in [-0.1, -0.05) is 6.07 Å². The molecule has 1 aromatic heterocycles. The summed E-state index contributed by atoms with van der Waals surface area (Å²) in [6, 6.07) is 7.85. The van der Waals surface area contributed by atoms with Crippen molar-refractivity contribution in [2.75, 3.05) is 13.1 Å². The molecule has 1 aliphatic heterocycles. The summed E-state index contributed by atoms with van der Waals surface area (Å²) in [5, 5.41) is 4.12. The maximum Gasteiger partial charge on any atom is 0.225 e. The summed E-state index contributed by atoms with van der Waals surface area (Å²) >= 11 is 0. The number of aromatic nitrogens is 1. The number of nitrogens with zero attached hydrogens (tertiary/aromatic N) is 1. The Morgan fingerprint density at radius 2 is 2.31 bits per heavy atom. The smallest absolute Gasteiger partial charge is 0.225 e. The Balaban J connectivity index is 1.80. The number of H-pyrrole nitrogens is 1. The average Bonchev–Trinajstić information content (AvgIpc) is 2.97. The maximum absolute atomic E-state index is 5.50. The van der Waals surface area contributed by atoms with Gasteiger partial charge in [-0.05, 0) is 18.2 Å². The third-order valence-electron chi connectivity index (χ3n) is 2.49. The van der Waals surface area contributed by atoms with Crippen LogP contribution in [0.3, 0.4) is 0 Å². The Bertz CT molecular complexity index is 532. The van der Waals surface area contributed by atoms with Gasteiger partial charge in [0.25, 0.3) is 0 Å². The molecule has 0 atom stereocenters. The van der Waals surface area contributed by atoms with Crippen molar-refractivity contribution in [2.24, 2.45) is 4.99 Å². The molecule has 0 radical (unpaired) electrons. The van der Waals surface area contributed by atoms with Crippen LogP contribution in [0.4, 0.5) is 0 Å². The highest BCUT2D eigenvalue weighted by Crippen LogP contribution is 2.23. The molecule has 5 heteroatoms. The Hall–Kier alpha value is -2.17. The minimum Gasteiger partial charge on any atom is -0.379 e. The lowest BCUT2D eigenvalue weighted by Crippen LogP contribution is -2.36. The van der Waals surface area contributed by atoms with Crippen LogP contribution < -0.4 is 15.6 Å². The van der Waals surface area contributed by atoms with Crippen LogP contribution in [-0.4, -0.2) is 24.0 Å². The highest BCUT2D eigenvalue weighted by Gasteiger charge is 2.06. The molecule has 5 nitrogen and oxygen atoms in total. The lowest BCUT2D eigenvalue weighted by atomic mass is 10.2. The first kappa shape index (κ1) is 9.08. The fourth-order valence-corrected chi connectivity index (χ4v) is 1.72. The molecular formula is C11H12N4O. The Labute approximate surface area is 92.5 Å². The first-order valence-corrected chi connectivity index (χ1v) is 5.21. The van der Waals surface area contributed by atoms with Gasteiger partial charge in [-0.3, -0.25) is 0 Å². The Morgan fingerprint density at radius 1 is 1.31 bits per heavy atom. The fraction of sp³-hybridized carbons (Fsp3) is 0.182. The fourth-order valence-electron chi connectivity index (χ4n) is 1.72. The van der Waals surface area contributed by atoms with Crippen LogP contribution in [0.25, 0.3) is 10.9 Å². The van der Waals surface area contributed by atoms with Gasteiger partial charge >= 0.3 is 0 Å². The second-order valence-corrected chi connectivity index (χ2v) is 3.56. The van der Waals surface area contributed by atoms with Crippen LogP contribution in [0.5, 0.6) is 5.75 Å². The molecule has 3 N–H and O–H groups in total. The van der Waals surface area contributed by atoms with E-state index >= 15 is 0 Å². The summed E-state index contributed by atoms with van der Waals surface area (Å²) in [4.78, 5) is 12.8. The number of fused-ring (bicyclic) bond motifs is 1. The summed E-state index contributed by atoms with van der Waals surface area (Å²) in [5.74, 6) is 1.47. The number of benzene rings is 1. The summed E-state index contributed by atoms with van der Waals surface area (Å²) in [5.41, 5.74) is 3.86. The van der Waals surface area contributed by atoms with Crippen LogP contribution in [0, 0.1) is 0 Å². The number of guanidine groups is 1. The van der Waals surface area contributed by atoms with Gasteiger partial charge < -0.3 is 15.1 Å². The lowest BCUT2D eigenvalue weighted by molar-refractivity contribution is 0.262. The second-order valence-electron chi connectivity index (χ2n) is 3.56. The molecule has 1 aliphatic rings. The van der Waals surface area contributed by atoms with Gasteiger partial charge in [0.05, 0.1) is 6.54 Å². The third kappa shape index (κ3) is 1.56. The van der Waals surface area contributed by atoms with Crippen LogP contribution in [0.1, 0.15) is 0 Å². The number of aromatic amines is 1. The zero-order valence-electron chi connectivity index (χ0n) is 8.66. The number of hydroxylamine groups is 1. The molecule has 1 aromatic carbocycles. The molecule has 3 rings (SSSR count). The summed E-state index contributed by atoms with van der Waals surface area (Å²) in [6.45, 7) is 1.65. The van der Waals surface area contributed by atoms with E-state index < -0.39 is 0 Å². The van der Waals surface area contributed by atoms with E-state index in [9.17, 15) is 0 Å². The quantitative estimate of drug-likeness (QED) is 0.656. The number of nitrogens with one attached hydrogen (secondary N) is 3. The molecule has 0 amide bonds. The normalized spacial score (nSPS) is 14.6. The minimum absolute atomic E-state index is 0.688. The van der Waals surface area contributed by atoms with Gasteiger partial charge in [-0.15, -0.1) is 0 Å². The molecule has 0 fully saturated rings. The molecule has 0 saturated carbocycles. The molecular weight excluding hydrogens is 204 g/mol. The highest BCUT2D eigenvalue weighted by molar-refractivity contribution is 5.86. The third-order valence-corrected chi connectivity index (χ3v) is 2.49. The van der Waals surface area contributed by atoms with Gasteiger partial charge in [0.1, 0.15) is 0 Å². The molecule has 0 unspecified atom stereocenters. The van der Waals surface area contributed by atoms with Gasteiger partial charge in [-0.2, -0.15) is 5.48 Å². The van der Waals surface area contributed by atoms with Gasteiger partial charge in [0, 0.05) is 23.6 Å². The van der Waals surface area contributed by atoms with E-state index in [1.54, 1.807) is 0 Å². The van der Waals surface area contributed by atoms with Crippen molar-refractivity contribution in [3.8, 4) is 5.75 Å². The Kier molecular flexibility index (Phi) is 2.14. The largest absolute Gasteiger partial charge is 0.379 e. The zero-order chi connectivity index (χ0) is 10.8. The topological polar surface area (TPSA) is 61.4 Å². The van der Waals surface area contributed by atoms with E-state index in [-0.39, 0.29) is 0 Å². The molecule has 2 heterocycles. The van der Waals surface area contributed by atoms with Gasteiger partial charge in [-0.25, -0.2) is 4.99 Å². The maximum atomic E-state index is 5.50. The van der Waals surface area contributed by atoms with Crippen LogP contribution >= 0.6 is 0 Å². The number of rotatable bonds is 2. The predicted molar refractivity (Wildman–Crippen MR) is 62.4 cm³/mol. The molecule has 82 valence electrons. The van der Waals surface area contributed by atoms with Crippen LogP contribution in [0.2, 0.25) is 0 Å². The molecule has 0 spiro atoms. The molecule has 0 aliphatic carbocycles. The first-order chi connectivity index (χ1) is 7.93. The van der Waals surface area contributed by atoms with Crippen molar-refractivity contribution in [1.82, 2.24) is 15.8 Å². The van der Waals surface area contributed by atoms with E-state index in [1.165, 1.54) is 0 Å². The molecule has 16 heavy (non-hydrogen) atoms. The summed E-state index contributed by atoms with van der Waals surface area (Å²) in [6.07, 6.45) is 1.89. The van der Waals surface area contributed by atoms with E-state index in [4.69, 9.17) is 4.84 Å². The van der Waals surface area contributed by atoms with Crippen molar-refractivity contribution < 1.29 is 4.84 Å².